The Morgan fingerprint density at radius 2 is 2.10 bits per heavy atom. The Balaban J connectivity index is 0.00000400. The zero-order valence-corrected chi connectivity index (χ0v) is 16.8. The van der Waals surface area contributed by atoms with E-state index >= 15 is 0 Å². The number of rotatable bonds is 8. The Morgan fingerprint density at radius 3 is 2.67 bits per heavy atom. The van der Waals surface area contributed by atoms with E-state index in [2.05, 4.69) is 36.4 Å². The minimum Gasteiger partial charge on any atom is -0.387 e. The third-order valence-electron chi connectivity index (χ3n) is 3.46. The summed E-state index contributed by atoms with van der Waals surface area (Å²) in [5, 5.41) is 16.9. The fourth-order valence-corrected chi connectivity index (χ4v) is 3.46. The van der Waals surface area contributed by atoms with E-state index in [4.69, 9.17) is 0 Å². The molecule has 1 rings (SSSR count). The van der Waals surface area contributed by atoms with Gasteiger partial charge >= 0.3 is 0 Å². The van der Waals surface area contributed by atoms with E-state index in [0.717, 1.165) is 42.9 Å². The van der Waals surface area contributed by atoms with Gasteiger partial charge in [-0.1, -0.05) is 26.7 Å². The highest BCUT2D eigenvalue weighted by Crippen LogP contribution is 2.27. The lowest BCUT2D eigenvalue weighted by atomic mass is 10.0. The van der Waals surface area contributed by atoms with Crippen molar-refractivity contribution >= 4 is 41.7 Å². The highest BCUT2D eigenvalue weighted by Gasteiger charge is 2.31. The molecule has 21 heavy (non-hydrogen) atoms. The summed E-state index contributed by atoms with van der Waals surface area (Å²) >= 11 is 1.81. The Labute approximate surface area is 151 Å². The van der Waals surface area contributed by atoms with E-state index in [9.17, 15) is 5.11 Å². The van der Waals surface area contributed by atoms with Gasteiger partial charge in [-0.15, -0.1) is 24.0 Å². The average Bonchev–Trinajstić information content (AvgIpc) is 2.82. The lowest BCUT2D eigenvalue weighted by Gasteiger charge is -2.19. The molecule has 1 atom stereocenters. The van der Waals surface area contributed by atoms with Crippen molar-refractivity contribution in [1.29, 1.82) is 0 Å². The maximum atomic E-state index is 10.3. The number of aliphatic hydroxyl groups is 1. The van der Waals surface area contributed by atoms with Crippen LogP contribution in [0.2, 0.25) is 0 Å². The zero-order valence-electron chi connectivity index (χ0n) is 13.7. The average molecular weight is 429 g/mol. The van der Waals surface area contributed by atoms with Crippen LogP contribution in [-0.2, 0) is 0 Å². The first-order chi connectivity index (χ1) is 9.56. The van der Waals surface area contributed by atoms with Gasteiger partial charge in [0, 0.05) is 18.8 Å². The highest BCUT2D eigenvalue weighted by molar-refractivity contribution is 14.0. The SMILES string of the molecule is CCNC(=NCC1(O)CCSC1)NCCCCC(C)C.I. The molecule has 0 spiro atoms. The highest BCUT2D eigenvalue weighted by atomic mass is 127. The lowest BCUT2D eigenvalue weighted by molar-refractivity contribution is 0.0778. The van der Waals surface area contributed by atoms with E-state index in [1.807, 2.05) is 11.8 Å². The Kier molecular flexibility index (Phi) is 12.0. The molecule has 1 aliphatic rings. The molecule has 4 nitrogen and oxygen atoms in total. The smallest absolute Gasteiger partial charge is 0.191 e. The van der Waals surface area contributed by atoms with Crippen LogP contribution in [0, 0.1) is 5.92 Å². The van der Waals surface area contributed by atoms with Crippen molar-refractivity contribution in [3.8, 4) is 0 Å². The quantitative estimate of drug-likeness (QED) is 0.240. The van der Waals surface area contributed by atoms with Gasteiger partial charge < -0.3 is 15.7 Å². The number of halogens is 1. The van der Waals surface area contributed by atoms with Crippen LogP contribution in [0.5, 0.6) is 0 Å². The van der Waals surface area contributed by atoms with Crippen LogP contribution in [-0.4, -0.2) is 47.8 Å². The van der Waals surface area contributed by atoms with Crippen LogP contribution < -0.4 is 10.6 Å². The third kappa shape index (κ3) is 9.84. The van der Waals surface area contributed by atoms with Gasteiger partial charge in [0.25, 0.3) is 0 Å². The molecule has 1 heterocycles. The number of hydrogen-bond donors (Lipinski definition) is 3. The summed E-state index contributed by atoms with van der Waals surface area (Å²) in [6.45, 7) is 8.90. The van der Waals surface area contributed by atoms with E-state index < -0.39 is 5.60 Å². The largest absolute Gasteiger partial charge is 0.387 e. The molecule has 0 bridgehead atoms. The molecule has 1 aliphatic heterocycles. The van der Waals surface area contributed by atoms with Gasteiger partial charge in [-0.05, 0) is 31.4 Å². The van der Waals surface area contributed by atoms with Crippen LogP contribution in [0.15, 0.2) is 4.99 Å². The predicted molar refractivity (Wildman–Crippen MR) is 105 cm³/mol. The maximum Gasteiger partial charge on any atom is 0.191 e. The van der Waals surface area contributed by atoms with E-state index in [1.54, 1.807) is 0 Å². The van der Waals surface area contributed by atoms with Gasteiger partial charge in [-0.25, -0.2) is 0 Å². The van der Waals surface area contributed by atoms with Crippen LogP contribution in [0.25, 0.3) is 0 Å². The monoisotopic (exact) mass is 429 g/mol. The predicted octanol–water partition coefficient (Wildman–Crippen LogP) is 2.85. The summed E-state index contributed by atoms with van der Waals surface area (Å²) in [7, 11) is 0. The first-order valence-electron chi connectivity index (χ1n) is 7.88. The minimum absolute atomic E-state index is 0. The third-order valence-corrected chi connectivity index (χ3v) is 4.69. The molecular formula is C15H32IN3OS. The number of nitrogens with zero attached hydrogens (tertiary/aromatic N) is 1. The van der Waals surface area contributed by atoms with Crippen molar-refractivity contribution in [1.82, 2.24) is 10.6 Å². The molecule has 0 radical (unpaired) electrons. The van der Waals surface area contributed by atoms with Gasteiger partial charge in [0.1, 0.15) is 0 Å². The summed E-state index contributed by atoms with van der Waals surface area (Å²) in [5.74, 6) is 3.48. The second-order valence-electron chi connectivity index (χ2n) is 6.04. The van der Waals surface area contributed by atoms with Crippen LogP contribution >= 0.6 is 35.7 Å². The molecule has 0 amide bonds. The van der Waals surface area contributed by atoms with E-state index in [-0.39, 0.29) is 24.0 Å². The summed E-state index contributed by atoms with van der Waals surface area (Å²) in [6.07, 6.45) is 4.56. The maximum absolute atomic E-state index is 10.3. The number of hydrogen-bond acceptors (Lipinski definition) is 3. The van der Waals surface area contributed by atoms with Crippen molar-refractivity contribution in [3.05, 3.63) is 0 Å². The second-order valence-corrected chi connectivity index (χ2v) is 7.14. The van der Waals surface area contributed by atoms with Crippen LogP contribution in [0.3, 0.4) is 0 Å². The van der Waals surface area contributed by atoms with Crippen molar-refractivity contribution in [2.75, 3.05) is 31.1 Å². The standard InChI is InChI=1S/C15H31N3OS.HI/c1-4-16-14(17-9-6-5-7-13(2)3)18-11-15(19)8-10-20-12-15;/h13,19H,4-12H2,1-3H3,(H2,16,17,18);1H. The fraction of sp³-hybridized carbons (Fsp3) is 0.933. The van der Waals surface area contributed by atoms with Crippen molar-refractivity contribution < 1.29 is 5.11 Å². The molecular weight excluding hydrogens is 397 g/mol. The second kappa shape index (κ2) is 11.8. The number of aliphatic imine (C=N–C) groups is 1. The van der Waals surface area contributed by atoms with E-state index in [1.165, 1.54) is 19.3 Å². The number of thioether (sulfide) groups is 1. The Morgan fingerprint density at radius 1 is 1.33 bits per heavy atom. The molecule has 0 saturated carbocycles. The Hall–Kier alpha value is 0.310. The molecule has 0 aromatic rings. The summed E-state index contributed by atoms with van der Waals surface area (Å²) in [4.78, 5) is 4.53. The molecule has 0 aromatic heterocycles. The van der Waals surface area contributed by atoms with Gasteiger partial charge in [-0.3, -0.25) is 4.99 Å². The number of nitrogens with one attached hydrogen (secondary N) is 2. The minimum atomic E-state index is -0.593. The van der Waals surface area contributed by atoms with Crippen LogP contribution in [0.1, 0.15) is 46.5 Å². The molecule has 3 N–H and O–H groups in total. The number of guanidine groups is 1. The molecule has 6 heteroatoms. The van der Waals surface area contributed by atoms with E-state index in [0.29, 0.717) is 6.54 Å². The normalized spacial score (nSPS) is 22.2. The summed E-state index contributed by atoms with van der Waals surface area (Å²) < 4.78 is 0. The fourth-order valence-electron chi connectivity index (χ4n) is 2.17. The molecule has 0 aromatic carbocycles. The molecule has 1 unspecified atom stereocenters. The molecule has 0 aliphatic carbocycles. The first-order valence-corrected chi connectivity index (χ1v) is 9.03. The van der Waals surface area contributed by atoms with Crippen molar-refractivity contribution in [3.63, 3.8) is 0 Å². The summed E-state index contributed by atoms with van der Waals surface area (Å²) in [5.41, 5.74) is -0.593. The van der Waals surface area contributed by atoms with Gasteiger partial charge in [-0.2, -0.15) is 11.8 Å². The van der Waals surface area contributed by atoms with Crippen molar-refractivity contribution in [2.24, 2.45) is 10.9 Å². The Bertz CT molecular complexity index is 295. The molecule has 1 saturated heterocycles. The summed E-state index contributed by atoms with van der Waals surface area (Å²) in [6, 6.07) is 0. The van der Waals surface area contributed by atoms with Gasteiger partial charge in [0.15, 0.2) is 5.96 Å². The topological polar surface area (TPSA) is 56.7 Å². The van der Waals surface area contributed by atoms with Gasteiger partial charge in [0.2, 0.25) is 0 Å². The molecule has 1 fully saturated rings. The van der Waals surface area contributed by atoms with Crippen molar-refractivity contribution in [2.45, 2.75) is 52.1 Å². The van der Waals surface area contributed by atoms with Crippen LogP contribution in [0.4, 0.5) is 0 Å². The zero-order chi connectivity index (χ0) is 14.8. The number of unbranched alkanes of at least 4 members (excludes halogenated alkanes) is 1. The molecule has 126 valence electrons. The lowest BCUT2D eigenvalue weighted by Crippen LogP contribution is -2.40. The first kappa shape index (κ1) is 21.3. The van der Waals surface area contributed by atoms with Gasteiger partial charge in [0.05, 0.1) is 12.1 Å².